The number of carbonyl (C=O) groups is 1. The highest BCUT2D eigenvalue weighted by Crippen LogP contribution is 2.41. The SMILES string of the molecule is COc1ccc(CO[C@H](C)C/C=C\C(C)[C@H]2OC(C)(C)O[C@@H]2C/C=C/c2c(OC)c(OC)cc(OC)c2C(=O)OC[Si](C)(C)C)cc1. The van der Waals surface area contributed by atoms with E-state index in [0.29, 0.717) is 47.6 Å². The number of carbonyl (C=O) groups excluding carboxylic acids is 1. The predicted octanol–water partition coefficient (Wildman–Crippen LogP) is 7.87. The first-order valence-corrected chi connectivity index (χ1v) is 19.9. The van der Waals surface area contributed by atoms with Crippen molar-refractivity contribution in [3.63, 3.8) is 0 Å². The van der Waals surface area contributed by atoms with Gasteiger partial charge >= 0.3 is 5.97 Å². The molecule has 1 aliphatic heterocycles. The molecule has 0 aliphatic carbocycles. The van der Waals surface area contributed by atoms with Crippen LogP contribution in [-0.2, 0) is 25.6 Å². The smallest absolute Gasteiger partial charge is 0.342 e. The Kier molecular flexibility index (Phi) is 14.0. The lowest BCUT2D eigenvalue weighted by Crippen LogP contribution is -2.30. The summed E-state index contributed by atoms with van der Waals surface area (Å²) in [4.78, 5) is 13.4. The highest BCUT2D eigenvalue weighted by atomic mass is 28.3. The Labute approximate surface area is 282 Å². The zero-order chi connectivity index (χ0) is 34.8. The molecule has 1 aliphatic rings. The van der Waals surface area contributed by atoms with Gasteiger partial charge in [0.25, 0.3) is 0 Å². The maximum Gasteiger partial charge on any atom is 0.342 e. The van der Waals surface area contributed by atoms with Crippen molar-refractivity contribution in [1.29, 1.82) is 0 Å². The molecule has 1 unspecified atom stereocenters. The maximum absolute atomic E-state index is 13.4. The molecule has 0 N–H and O–H groups in total. The van der Waals surface area contributed by atoms with E-state index in [-0.39, 0.29) is 24.2 Å². The summed E-state index contributed by atoms with van der Waals surface area (Å²) >= 11 is 0. The summed E-state index contributed by atoms with van der Waals surface area (Å²) in [5, 5.41) is 0. The Bertz CT molecular complexity index is 1360. The van der Waals surface area contributed by atoms with Crippen LogP contribution < -0.4 is 18.9 Å². The van der Waals surface area contributed by atoms with Crippen molar-refractivity contribution < 1.29 is 42.7 Å². The van der Waals surface area contributed by atoms with Gasteiger partial charge in [-0.1, -0.05) is 63.0 Å². The van der Waals surface area contributed by atoms with Gasteiger partial charge in [-0.2, -0.15) is 0 Å². The lowest BCUT2D eigenvalue weighted by molar-refractivity contribution is -0.148. The summed E-state index contributed by atoms with van der Waals surface area (Å²) in [5.74, 6) is 0.936. The monoisotopic (exact) mass is 670 g/mol. The number of esters is 1. The van der Waals surface area contributed by atoms with Crippen LogP contribution in [0.5, 0.6) is 23.0 Å². The molecule has 0 amide bonds. The fraction of sp³-hybridized carbons (Fsp3) is 0.541. The van der Waals surface area contributed by atoms with Crippen LogP contribution in [0.2, 0.25) is 19.6 Å². The third-order valence-corrected chi connectivity index (χ3v) is 8.73. The van der Waals surface area contributed by atoms with Gasteiger partial charge in [0.1, 0.15) is 17.1 Å². The number of rotatable bonds is 17. The highest BCUT2D eigenvalue weighted by Gasteiger charge is 2.42. The second kappa shape index (κ2) is 17.2. The van der Waals surface area contributed by atoms with Crippen molar-refractivity contribution >= 4 is 20.1 Å². The van der Waals surface area contributed by atoms with Crippen LogP contribution in [0.3, 0.4) is 0 Å². The van der Waals surface area contributed by atoms with Crippen LogP contribution >= 0.6 is 0 Å². The lowest BCUT2D eigenvalue weighted by atomic mass is 9.96. The zero-order valence-electron chi connectivity index (χ0n) is 30.0. The summed E-state index contributed by atoms with van der Waals surface area (Å²) < 4.78 is 46.7. The van der Waals surface area contributed by atoms with E-state index in [0.717, 1.165) is 17.7 Å². The number of hydrogen-bond acceptors (Lipinski definition) is 9. The van der Waals surface area contributed by atoms with E-state index in [1.165, 1.54) is 7.11 Å². The third-order valence-electron chi connectivity index (χ3n) is 7.72. The maximum atomic E-state index is 13.4. The van der Waals surface area contributed by atoms with Gasteiger partial charge < -0.3 is 37.9 Å². The van der Waals surface area contributed by atoms with Gasteiger partial charge in [-0.3, -0.25) is 0 Å². The van der Waals surface area contributed by atoms with E-state index in [2.05, 4.69) is 45.6 Å². The van der Waals surface area contributed by atoms with E-state index in [1.807, 2.05) is 50.3 Å². The Balaban J connectivity index is 1.73. The van der Waals surface area contributed by atoms with E-state index >= 15 is 0 Å². The van der Waals surface area contributed by atoms with Crippen LogP contribution in [0.1, 0.15) is 62.0 Å². The largest absolute Gasteiger partial charge is 0.497 e. The number of hydrogen-bond donors (Lipinski definition) is 0. The summed E-state index contributed by atoms with van der Waals surface area (Å²) in [5.41, 5.74) is 1.92. The Morgan fingerprint density at radius 2 is 1.62 bits per heavy atom. The van der Waals surface area contributed by atoms with Crippen molar-refractivity contribution in [3.8, 4) is 23.0 Å². The van der Waals surface area contributed by atoms with Gasteiger partial charge in [0.05, 0.1) is 67.7 Å². The van der Waals surface area contributed by atoms with Crippen molar-refractivity contribution in [3.05, 3.63) is 65.3 Å². The molecule has 1 fully saturated rings. The minimum Gasteiger partial charge on any atom is -0.497 e. The van der Waals surface area contributed by atoms with Crippen LogP contribution in [0.15, 0.2) is 48.6 Å². The molecule has 0 radical (unpaired) electrons. The van der Waals surface area contributed by atoms with Crippen LogP contribution in [0.25, 0.3) is 6.08 Å². The first-order chi connectivity index (χ1) is 22.2. The van der Waals surface area contributed by atoms with Crippen LogP contribution in [-0.4, -0.2) is 72.8 Å². The predicted molar refractivity (Wildman–Crippen MR) is 187 cm³/mol. The molecule has 2 aromatic rings. The fourth-order valence-electron chi connectivity index (χ4n) is 5.32. The van der Waals surface area contributed by atoms with Crippen LogP contribution in [0.4, 0.5) is 0 Å². The molecule has 0 bridgehead atoms. The minimum absolute atomic E-state index is 0.0536. The molecular formula is C37H54O9Si. The Morgan fingerprint density at radius 3 is 2.21 bits per heavy atom. The topological polar surface area (TPSA) is 90.9 Å². The van der Waals surface area contributed by atoms with Crippen molar-refractivity contribution in [1.82, 2.24) is 0 Å². The first kappa shape index (κ1) is 38.1. The first-order valence-electron chi connectivity index (χ1n) is 16.1. The average Bonchev–Trinajstić information content (AvgIpc) is 3.35. The standard InChI is InChI=1S/C37H54O9Si/c1-25(14-12-15-26(2)43-23-27-18-20-28(39-5)21-19-27)34-30(45-37(3,4)46-34)17-13-16-29-33(36(38)44-24-47(9,10)11)31(40-6)22-32(41-7)35(29)42-8/h12-14,16,18-22,25-26,30,34H,15,17,23-24H2,1-11H3/b14-12-,16-13+/t25?,26-,30-,34-/m1/s1. The van der Waals surface area contributed by atoms with Gasteiger partial charge in [0.2, 0.25) is 0 Å². The number of methoxy groups -OCH3 is 4. The zero-order valence-corrected chi connectivity index (χ0v) is 31.0. The summed E-state index contributed by atoms with van der Waals surface area (Å²) in [6, 6.07) is 9.55. The molecule has 2 aromatic carbocycles. The van der Waals surface area contributed by atoms with E-state index in [4.69, 9.17) is 37.9 Å². The summed E-state index contributed by atoms with van der Waals surface area (Å²) in [6.07, 6.45) is 9.50. The van der Waals surface area contributed by atoms with E-state index in [1.54, 1.807) is 27.4 Å². The average molecular weight is 671 g/mol. The minimum atomic E-state index is -1.66. The van der Waals surface area contributed by atoms with Gasteiger partial charge in [0, 0.05) is 17.5 Å². The van der Waals surface area contributed by atoms with Gasteiger partial charge in [-0.05, 0) is 51.3 Å². The fourth-order valence-corrected chi connectivity index (χ4v) is 5.88. The second-order valence-electron chi connectivity index (χ2n) is 13.5. The molecule has 260 valence electrons. The van der Waals surface area contributed by atoms with Crippen LogP contribution in [0, 0.1) is 5.92 Å². The molecule has 3 rings (SSSR count). The van der Waals surface area contributed by atoms with Crippen molar-refractivity contribution in [2.24, 2.45) is 5.92 Å². The Hall–Kier alpha value is -3.31. The van der Waals surface area contributed by atoms with Gasteiger partial charge in [0.15, 0.2) is 17.3 Å². The van der Waals surface area contributed by atoms with Gasteiger partial charge in [-0.25, -0.2) is 4.79 Å². The quantitative estimate of drug-likeness (QED) is 0.0948. The van der Waals surface area contributed by atoms with Crippen molar-refractivity contribution in [2.75, 3.05) is 34.7 Å². The van der Waals surface area contributed by atoms with E-state index in [9.17, 15) is 4.79 Å². The molecule has 0 aromatic heterocycles. The number of ether oxygens (including phenoxy) is 8. The normalized spacial score (nSPS) is 19.1. The molecule has 9 nitrogen and oxygen atoms in total. The molecule has 0 spiro atoms. The second-order valence-corrected chi connectivity index (χ2v) is 18.9. The third kappa shape index (κ3) is 11.1. The van der Waals surface area contributed by atoms with Crippen molar-refractivity contribution in [2.45, 2.75) is 90.9 Å². The summed E-state index contributed by atoms with van der Waals surface area (Å²) in [6.45, 7) is 15.0. The lowest BCUT2D eigenvalue weighted by Gasteiger charge is -2.21. The molecule has 47 heavy (non-hydrogen) atoms. The van der Waals surface area contributed by atoms with E-state index < -0.39 is 19.8 Å². The molecule has 1 saturated heterocycles. The number of benzene rings is 2. The molecule has 1 heterocycles. The van der Waals surface area contributed by atoms with Gasteiger partial charge in [-0.15, -0.1) is 0 Å². The highest BCUT2D eigenvalue weighted by molar-refractivity contribution is 6.76. The molecule has 4 atom stereocenters. The Morgan fingerprint density at radius 1 is 0.936 bits per heavy atom. The molecule has 0 saturated carbocycles. The molecular weight excluding hydrogens is 616 g/mol. The summed E-state index contributed by atoms with van der Waals surface area (Å²) in [7, 11) is 4.62. The molecule has 10 heteroatoms.